The summed E-state index contributed by atoms with van der Waals surface area (Å²) < 4.78 is 7.09. The number of hydrogen-bond acceptors (Lipinski definition) is 5. The number of anilines is 2. The molecule has 0 amide bonds. The van der Waals surface area contributed by atoms with E-state index >= 15 is 0 Å². The molecule has 21 heavy (non-hydrogen) atoms. The summed E-state index contributed by atoms with van der Waals surface area (Å²) in [6.45, 7) is 0. The minimum Gasteiger partial charge on any atom is -0.463 e. The van der Waals surface area contributed by atoms with Gasteiger partial charge in [0.1, 0.15) is 11.3 Å². The Kier molecular flexibility index (Phi) is 2.65. The molecule has 0 aromatic carbocycles. The second-order valence-electron chi connectivity index (χ2n) is 4.32. The molecule has 4 heterocycles. The molecule has 0 aliphatic rings. The van der Waals surface area contributed by atoms with E-state index in [1.807, 2.05) is 36.5 Å². The van der Waals surface area contributed by atoms with E-state index in [9.17, 15) is 0 Å². The molecule has 0 aliphatic heterocycles. The van der Waals surface area contributed by atoms with Crippen molar-refractivity contribution in [2.45, 2.75) is 0 Å². The fourth-order valence-corrected chi connectivity index (χ4v) is 2.22. The minimum atomic E-state index is 0.172. The quantitative estimate of drug-likeness (QED) is 0.607. The fourth-order valence-electron chi connectivity index (χ4n) is 2.05. The zero-order chi connectivity index (χ0) is 14.2. The van der Waals surface area contributed by atoms with Crippen LogP contribution in [0.5, 0.6) is 0 Å². The SMILES string of the molecule is Clc1nc(Nc2cc(-c3ccco3)[nH]n2)n2cccc2n1. The van der Waals surface area contributed by atoms with E-state index in [0.29, 0.717) is 23.2 Å². The van der Waals surface area contributed by atoms with Crippen LogP contribution >= 0.6 is 11.6 Å². The molecule has 7 nitrogen and oxygen atoms in total. The van der Waals surface area contributed by atoms with Gasteiger partial charge in [-0.3, -0.25) is 9.50 Å². The zero-order valence-electron chi connectivity index (χ0n) is 10.6. The summed E-state index contributed by atoms with van der Waals surface area (Å²) in [6, 6.07) is 9.20. The summed E-state index contributed by atoms with van der Waals surface area (Å²) in [6.07, 6.45) is 3.45. The fraction of sp³-hybridized carbons (Fsp3) is 0. The topological polar surface area (TPSA) is 84.0 Å². The van der Waals surface area contributed by atoms with Gasteiger partial charge < -0.3 is 9.73 Å². The van der Waals surface area contributed by atoms with Crippen LogP contribution in [-0.2, 0) is 0 Å². The predicted molar refractivity (Wildman–Crippen MR) is 77.6 cm³/mol. The highest BCUT2D eigenvalue weighted by Crippen LogP contribution is 2.22. The Bertz CT molecular complexity index is 895. The van der Waals surface area contributed by atoms with Crippen molar-refractivity contribution >= 4 is 29.0 Å². The maximum atomic E-state index is 5.91. The average molecular weight is 301 g/mol. The third-order valence-corrected chi connectivity index (χ3v) is 3.13. The van der Waals surface area contributed by atoms with Gasteiger partial charge in [-0.15, -0.1) is 0 Å². The van der Waals surface area contributed by atoms with E-state index < -0.39 is 0 Å². The second-order valence-corrected chi connectivity index (χ2v) is 4.66. The van der Waals surface area contributed by atoms with Crippen LogP contribution < -0.4 is 5.32 Å². The first kappa shape index (κ1) is 12.0. The monoisotopic (exact) mass is 300 g/mol. The molecule has 4 aromatic rings. The van der Waals surface area contributed by atoms with Gasteiger partial charge in [0, 0.05) is 12.3 Å². The van der Waals surface area contributed by atoms with E-state index in [0.717, 1.165) is 5.69 Å². The normalized spacial score (nSPS) is 11.1. The van der Waals surface area contributed by atoms with Crippen LogP contribution in [0.2, 0.25) is 5.28 Å². The highest BCUT2D eigenvalue weighted by atomic mass is 35.5. The Labute approximate surface area is 123 Å². The zero-order valence-corrected chi connectivity index (χ0v) is 11.4. The lowest BCUT2D eigenvalue weighted by molar-refractivity contribution is 0.580. The van der Waals surface area contributed by atoms with Gasteiger partial charge in [0.2, 0.25) is 11.2 Å². The van der Waals surface area contributed by atoms with E-state index in [-0.39, 0.29) is 5.28 Å². The molecule has 104 valence electrons. The summed E-state index contributed by atoms with van der Waals surface area (Å²) in [5.74, 6) is 1.85. The Hall–Kier alpha value is -2.80. The number of hydrogen-bond donors (Lipinski definition) is 2. The second kappa shape index (κ2) is 4.64. The van der Waals surface area contributed by atoms with E-state index in [4.69, 9.17) is 16.0 Å². The Morgan fingerprint density at radius 3 is 3.05 bits per heavy atom. The van der Waals surface area contributed by atoms with E-state index in [1.54, 1.807) is 10.7 Å². The van der Waals surface area contributed by atoms with Crippen LogP contribution in [0.15, 0.2) is 47.2 Å². The predicted octanol–water partition coefficient (Wildman–Crippen LogP) is 3.11. The highest BCUT2D eigenvalue weighted by Gasteiger charge is 2.10. The van der Waals surface area contributed by atoms with Gasteiger partial charge in [-0.1, -0.05) is 0 Å². The molecule has 0 fully saturated rings. The van der Waals surface area contributed by atoms with Crippen LogP contribution in [0.1, 0.15) is 0 Å². The molecule has 0 aliphatic carbocycles. The molecular formula is C13H9ClN6O. The van der Waals surface area contributed by atoms with Gasteiger partial charge in [-0.05, 0) is 35.9 Å². The molecular weight excluding hydrogens is 292 g/mol. The van der Waals surface area contributed by atoms with Crippen LogP contribution in [0.25, 0.3) is 17.1 Å². The van der Waals surface area contributed by atoms with Crippen molar-refractivity contribution in [1.82, 2.24) is 24.6 Å². The molecule has 0 atom stereocenters. The summed E-state index contributed by atoms with van der Waals surface area (Å²) in [7, 11) is 0. The lowest BCUT2D eigenvalue weighted by atomic mass is 10.3. The molecule has 0 spiro atoms. The van der Waals surface area contributed by atoms with Gasteiger partial charge in [0.25, 0.3) is 0 Å². The third-order valence-electron chi connectivity index (χ3n) is 2.96. The molecule has 4 rings (SSSR count). The third kappa shape index (κ3) is 2.13. The Morgan fingerprint density at radius 1 is 1.24 bits per heavy atom. The number of halogens is 1. The lowest BCUT2D eigenvalue weighted by Gasteiger charge is -2.05. The molecule has 0 bridgehead atoms. The van der Waals surface area contributed by atoms with Crippen molar-refractivity contribution < 1.29 is 4.42 Å². The standard InChI is InChI=1S/C13H9ClN6O/c14-12-16-11-4-1-5-20(11)13(17-12)15-10-7-8(18-19-10)9-3-2-6-21-9/h1-7H,(H2,15,16,17,18,19). The first-order valence-corrected chi connectivity index (χ1v) is 6.54. The summed E-state index contributed by atoms with van der Waals surface area (Å²) in [4.78, 5) is 8.29. The Morgan fingerprint density at radius 2 is 2.19 bits per heavy atom. The van der Waals surface area contributed by atoms with Gasteiger partial charge in [-0.2, -0.15) is 15.1 Å². The van der Waals surface area contributed by atoms with Gasteiger partial charge in [0.05, 0.1) is 6.26 Å². The number of nitrogens with one attached hydrogen (secondary N) is 2. The Balaban J connectivity index is 1.70. The molecule has 0 unspecified atom stereocenters. The summed E-state index contributed by atoms with van der Waals surface area (Å²) in [5, 5.41) is 10.3. The van der Waals surface area contributed by atoms with Gasteiger partial charge in [0.15, 0.2) is 11.6 Å². The van der Waals surface area contributed by atoms with E-state index in [1.165, 1.54) is 0 Å². The van der Waals surface area contributed by atoms with Crippen LogP contribution in [-0.4, -0.2) is 24.6 Å². The molecule has 0 saturated carbocycles. The van der Waals surface area contributed by atoms with Crippen molar-refractivity contribution in [1.29, 1.82) is 0 Å². The molecule has 4 aromatic heterocycles. The summed E-state index contributed by atoms with van der Waals surface area (Å²) >= 11 is 5.91. The smallest absolute Gasteiger partial charge is 0.227 e. The molecule has 0 radical (unpaired) electrons. The van der Waals surface area contributed by atoms with Crippen LogP contribution in [0, 0.1) is 0 Å². The number of fused-ring (bicyclic) bond motifs is 1. The maximum absolute atomic E-state index is 5.91. The average Bonchev–Trinajstić information content (AvgIpc) is 3.19. The minimum absolute atomic E-state index is 0.172. The van der Waals surface area contributed by atoms with Crippen molar-refractivity contribution in [2.75, 3.05) is 5.32 Å². The number of furan rings is 1. The van der Waals surface area contributed by atoms with Crippen LogP contribution in [0.4, 0.5) is 11.8 Å². The number of H-pyrrole nitrogens is 1. The van der Waals surface area contributed by atoms with Gasteiger partial charge >= 0.3 is 0 Å². The van der Waals surface area contributed by atoms with Crippen molar-refractivity contribution in [2.24, 2.45) is 0 Å². The van der Waals surface area contributed by atoms with Crippen LogP contribution in [0.3, 0.4) is 0 Å². The highest BCUT2D eigenvalue weighted by molar-refractivity contribution is 6.28. The number of aromatic amines is 1. The summed E-state index contributed by atoms with van der Waals surface area (Å²) in [5.41, 5.74) is 1.48. The van der Waals surface area contributed by atoms with Crippen molar-refractivity contribution in [3.05, 3.63) is 48.1 Å². The number of rotatable bonds is 3. The lowest BCUT2D eigenvalue weighted by Crippen LogP contribution is -2.02. The first-order valence-electron chi connectivity index (χ1n) is 6.16. The molecule has 2 N–H and O–H groups in total. The largest absolute Gasteiger partial charge is 0.463 e. The molecule has 0 saturated heterocycles. The van der Waals surface area contributed by atoms with Gasteiger partial charge in [-0.25, -0.2) is 0 Å². The maximum Gasteiger partial charge on any atom is 0.227 e. The molecule has 8 heteroatoms. The number of nitrogens with zero attached hydrogens (tertiary/aromatic N) is 4. The van der Waals surface area contributed by atoms with Crippen molar-refractivity contribution in [3.63, 3.8) is 0 Å². The first-order chi connectivity index (χ1) is 10.3. The number of aromatic nitrogens is 5. The van der Waals surface area contributed by atoms with Crippen molar-refractivity contribution in [3.8, 4) is 11.5 Å². The van der Waals surface area contributed by atoms with E-state index in [2.05, 4.69) is 25.5 Å².